The van der Waals surface area contributed by atoms with Gasteiger partial charge in [0.25, 0.3) is 10.2 Å². The summed E-state index contributed by atoms with van der Waals surface area (Å²) in [5.74, 6) is 0. The van der Waals surface area contributed by atoms with Gasteiger partial charge in [0.15, 0.2) is 0 Å². The summed E-state index contributed by atoms with van der Waals surface area (Å²) in [5.41, 5.74) is -0.534. The van der Waals surface area contributed by atoms with Crippen LogP contribution in [0.3, 0.4) is 0 Å². The van der Waals surface area contributed by atoms with E-state index in [1.165, 1.54) is 4.90 Å². The van der Waals surface area contributed by atoms with Gasteiger partial charge in [0, 0.05) is 20.1 Å². The number of rotatable bonds is 6. The van der Waals surface area contributed by atoms with Crippen LogP contribution in [0.1, 0.15) is 20.8 Å². The summed E-state index contributed by atoms with van der Waals surface area (Å²) in [7, 11) is -2.08. The van der Waals surface area contributed by atoms with Crippen LogP contribution in [0.25, 0.3) is 0 Å². The molecule has 0 aromatic carbocycles. The van der Waals surface area contributed by atoms with Gasteiger partial charge < -0.3 is 15.0 Å². The Morgan fingerprint density at radius 2 is 1.94 bits per heavy atom. The lowest BCUT2D eigenvalue weighted by molar-refractivity contribution is 0.0300. The van der Waals surface area contributed by atoms with E-state index in [2.05, 4.69) is 10.0 Å². The molecule has 0 aliphatic carbocycles. The molecule has 0 fully saturated rings. The van der Waals surface area contributed by atoms with E-state index in [9.17, 15) is 13.2 Å². The fourth-order valence-corrected chi connectivity index (χ4v) is 1.22. The van der Waals surface area contributed by atoms with Crippen LogP contribution in [-0.4, -0.2) is 51.8 Å². The van der Waals surface area contributed by atoms with Crippen LogP contribution in [0.15, 0.2) is 0 Å². The van der Waals surface area contributed by atoms with Crippen LogP contribution in [0.2, 0.25) is 0 Å². The predicted molar refractivity (Wildman–Crippen MR) is 68.0 cm³/mol. The van der Waals surface area contributed by atoms with E-state index < -0.39 is 21.9 Å². The molecule has 0 bridgehead atoms. The van der Waals surface area contributed by atoms with Crippen LogP contribution >= 0.6 is 0 Å². The van der Waals surface area contributed by atoms with E-state index in [-0.39, 0.29) is 6.67 Å². The summed E-state index contributed by atoms with van der Waals surface area (Å²) in [6.45, 7) is 6.17. The highest BCUT2D eigenvalue weighted by atomic mass is 32.2. The molecule has 0 heterocycles. The van der Waals surface area contributed by atoms with E-state index in [1.807, 2.05) is 0 Å². The van der Waals surface area contributed by atoms with Crippen molar-refractivity contribution in [1.82, 2.24) is 14.9 Å². The number of hydrogen-bond acceptors (Lipinski definition) is 5. The van der Waals surface area contributed by atoms with Gasteiger partial charge in [0.05, 0.1) is 6.67 Å². The summed E-state index contributed by atoms with van der Waals surface area (Å²) in [5, 5.41) is 7.50. The summed E-state index contributed by atoms with van der Waals surface area (Å²) < 4.78 is 28.3. The zero-order valence-electron chi connectivity index (χ0n) is 11.2. The van der Waals surface area contributed by atoms with Crippen LogP contribution in [0.4, 0.5) is 4.79 Å². The first kappa shape index (κ1) is 17.1. The third-order valence-electron chi connectivity index (χ3n) is 1.73. The van der Waals surface area contributed by atoms with Crippen LogP contribution in [-0.2, 0) is 14.9 Å². The Morgan fingerprint density at radius 3 is 2.39 bits per heavy atom. The highest BCUT2D eigenvalue weighted by Crippen LogP contribution is 2.08. The number of ether oxygens (including phenoxy) is 1. The molecule has 0 saturated heterocycles. The van der Waals surface area contributed by atoms with Crippen molar-refractivity contribution in [2.45, 2.75) is 26.4 Å². The standard InChI is InChI=1S/C9H22N4O4S/c1-9(2,3)17-8(14)13(4)6-5-11-7-12-18(10,15)16/h11-12H,5-7H2,1-4H3,(H2,10,15,16). The van der Waals surface area contributed by atoms with Crippen LogP contribution in [0.5, 0.6) is 0 Å². The van der Waals surface area contributed by atoms with Crippen molar-refractivity contribution in [3.05, 3.63) is 0 Å². The Labute approximate surface area is 108 Å². The van der Waals surface area contributed by atoms with E-state index in [4.69, 9.17) is 9.88 Å². The van der Waals surface area contributed by atoms with Gasteiger partial charge in [0.2, 0.25) is 0 Å². The van der Waals surface area contributed by atoms with Gasteiger partial charge in [-0.1, -0.05) is 0 Å². The first-order valence-electron chi connectivity index (χ1n) is 5.43. The molecule has 0 aromatic rings. The summed E-state index contributed by atoms with van der Waals surface area (Å²) in [4.78, 5) is 12.9. The molecule has 4 N–H and O–H groups in total. The van der Waals surface area contributed by atoms with Crippen molar-refractivity contribution < 1.29 is 17.9 Å². The Hall–Kier alpha value is -0.900. The quantitative estimate of drug-likeness (QED) is 0.435. The Balaban J connectivity index is 3.77. The number of nitrogens with zero attached hydrogens (tertiary/aromatic N) is 1. The lowest BCUT2D eigenvalue weighted by atomic mass is 10.2. The second-order valence-corrected chi connectivity index (χ2v) is 6.15. The van der Waals surface area contributed by atoms with Gasteiger partial charge in [-0.25, -0.2) is 9.93 Å². The second-order valence-electron chi connectivity index (χ2n) is 4.77. The molecular weight excluding hydrogens is 260 g/mol. The van der Waals surface area contributed by atoms with Crippen molar-refractivity contribution >= 4 is 16.3 Å². The molecule has 9 heteroatoms. The number of amides is 1. The van der Waals surface area contributed by atoms with Crippen LogP contribution < -0.4 is 15.2 Å². The van der Waals surface area contributed by atoms with Crippen molar-refractivity contribution in [2.24, 2.45) is 5.14 Å². The van der Waals surface area contributed by atoms with Gasteiger partial charge in [-0.2, -0.15) is 13.1 Å². The second kappa shape index (κ2) is 6.88. The highest BCUT2D eigenvalue weighted by molar-refractivity contribution is 7.87. The van der Waals surface area contributed by atoms with Gasteiger partial charge in [0.1, 0.15) is 5.60 Å². The summed E-state index contributed by atoms with van der Waals surface area (Å²) in [6.07, 6.45) is -0.427. The minimum absolute atomic E-state index is 0.0149. The number of carbonyl (C=O) groups is 1. The molecule has 0 aliphatic rings. The molecule has 0 unspecified atom stereocenters. The fourth-order valence-electron chi connectivity index (χ4n) is 0.918. The smallest absolute Gasteiger partial charge is 0.410 e. The van der Waals surface area contributed by atoms with Crippen LogP contribution in [0, 0.1) is 0 Å². The molecule has 0 spiro atoms. The molecule has 8 nitrogen and oxygen atoms in total. The molecule has 0 aliphatic heterocycles. The normalized spacial score (nSPS) is 12.3. The highest BCUT2D eigenvalue weighted by Gasteiger charge is 2.18. The van der Waals surface area contributed by atoms with Gasteiger partial charge in [-0.05, 0) is 20.8 Å². The average molecular weight is 282 g/mol. The average Bonchev–Trinajstić information content (AvgIpc) is 2.12. The maximum atomic E-state index is 11.5. The molecule has 0 saturated carbocycles. The lowest BCUT2D eigenvalue weighted by Gasteiger charge is -2.24. The number of nitrogens with two attached hydrogens (primary N) is 1. The van der Waals surface area contributed by atoms with Crippen molar-refractivity contribution in [3.63, 3.8) is 0 Å². The van der Waals surface area contributed by atoms with Crippen molar-refractivity contribution in [2.75, 3.05) is 26.8 Å². The van der Waals surface area contributed by atoms with E-state index >= 15 is 0 Å². The van der Waals surface area contributed by atoms with E-state index in [1.54, 1.807) is 27.8 Å². The monoisotopic (exact) mass is 282 g/mol. The molecule has 18 heavy (non-hydrogen) atoms. The van der Waals surface area contributed by atoms with Crippen molar-refractivity contribution in [1.29, 1.82) is 0 Å². The zero-order valence-corrected chi connectivity index (χ0v) is 12.0. The Bertz CT molecular complexity index is 363. The lowest BCUT2D eigenvalue weighted by Crippen LogP contribution is -2.42. The molecule has 0 rings (SSSR count). The molecule has 0 atom stereocenters. The summed E-state index contributed by atoms with van der Waals surface area (Å²) in [6, 6.07) is 0. The first-order chi connectivity index (χ1) is 8.01. The number of likely N-dealkylation sites (N-methyl/N-ethyl adjacent to an activating group) is 1. The first-order valence-corrected chi connectivity index (χ1v) is 6.98. The van der Waals surface area contributed by atoms with Crippen molar-refractivity contribution in [3.8, 4) is 0 Å². The third kappa shape index (κ3) is 10.3. The SMILES string of the molecule is CN(CCNCNS(N)(=O)=O)C(=O)OC(C)(C)C. The largest absolute Gasteiger partial charge is 0.444 e. The molecule has 108 valence electrons. The fraction of sp³-hybridized carbons (Fsp3) is 0.889. The van der Waals surface area contributed by atoms with Gasteiger partial charge in [-0.15, -0.1) is 0 Å². The third-order valence-corrected chi connectivity index (χ3v) is 2.27. The van der Waals surface area contributed by atoms with Gasteiger partial charge in [-0.3, -0.25) is 0 Å². The topological polar surface area (TPSA) is 114 Å². The molecule has 0 aromatic heterocycles. The minimum atomic E-state index is -3.68. The Kier molecular flexibility index (Phi) is 6.54. The maximum Gasteiger partial charge on any atom is 0.410 e. The minimum Gasteiger partial charge on any atom is -0.444 e. The molecule has 0 radical (unpaired) electrons. The molecular formula is C9H22N4O4S. The Morgan fingerprint density at radius 1 is 1.39 bits per heavy atom. The van der Waals surface area contributed by atoms with E-state index in [0.29, 0.717) is 13.1 Å². The van der Waals surface area contributed by atoms with E-state index in [0.717, 1.165) is 0 Å². The zero-order chi connectivity index (χ0) is 14.4. The summed E-state index contributed by atoms with van der Waals surface area (Å²) >= 11 is 0. The number of nitrogens with one attached hydrogen (secondary N) is 2. The number of hydrogen-bond donors (Lipinski definition) is 3. The maximum absolute atomic E-state index is 11.5. The molecule has 1 amide bonds. The van der Waals surface area contributed by atoms with Gasteiger partial charge >= 0.3 is 6.09 Å². The number of carbonyl (C=O) groups excluding carboxylic acids is 1. The predicted octanol–water partition coefficient (Wildman–Crippen LogP) is -0.806.